The minimum Gasteiger partial charge on any atom is -0.330 e. The Morgan fingerprint density at radius 1 is 1.54 bits per heavy atom. The van der Waals surface area contributed by atoms with Gasteiger partial charge in [0.05, 0.1) is 0 Å². The van der Waals surface area contributed by atoms with Crippen molar-refractivity contribution in [3.63, 3.8) is 0 Å². The summed E-state index contributed by atoms with van der Waals surface area (Å²) in [4.78, 5) is 2.56. The molecule has 0 radical (unpaired) electrons. The van der Waals surface area contributed by atoms with Crippen molar-refractivity contribution in [1.82, 2.24) is 4.90 Å². The minimum atomic E-state index is 0.512. The van der Waals surface area contributed by atoms with Gasteiger partial charge in [-0.1, -0.05) is 11.6 Å². The summed E-state index contributed by atoms with van der Waals surface area (Å²) < 4.78 is 0. The Morgan fingerprint density at radius 3 is 2.85 bits per heavy atom. The number of nitrogens with zero attached hydrogens (tertiary/aromatic N) is 1. The molecule has 13 heavy (non-hydrogen) atoms. The zero-order valence-corrected chi connectivity index (χ0v) is 8.55. The Labute approximate surface area is 80.8 Å². The van der Waals surface area contributed by atoms with Crippen LogP contribution in [-0.2, 0) is 0 Å². The van der Waals surface area contributed by atoms with E-state index in [0.717, 1.165) is 6.54 Å². The highest BCUT2D eigenvalue weighted by Gasteiger charge is 2.42. The molecule has 1 aliphatic carbocycles. The highest BCUT2D eigenvalue weighted by Crippen LogP contribution is 2.45. The molecule has 0 aromatic heterocycles. The van der Waals surface area contributed by atoms with Crippen LogP contribution in [0, 0.1) is 5.41 Å². The average molecular weight is 180 g/mol. The maximum Gasteiger partial charge on any atom is 0.0190 e. The molecule has 2 aliphatic rings. The maximum absolute atomic E-state index is 5.78. The fourth-order valence-electron chi connectivity index (χ4n) is 2.20. The number of hydrogen-bond donors (Lipinski definition) is 1. The third kappa shape index (κ3) is 2.12. The van der Waals surface area contributed by atoms with Crippen molar-refractivity contribution in [2.24, 2.45) is 11.1 Å². The van der Waals surface area contributed by atoms with Gasteiger partial charge in [-0.2, -0.15) is 0 Å². The predicted molar refractivity (Wildman–Crippen MR) is 55.5 cm³/mol. The zero-order valence-electron chi connectivity index (χ0n) is 8.55. The van der Waals surface area contributed by atoms with Crippen LogP contribution in [0.25, 0.3) is 0 Å². The summed E-state index contributed by atoms with van der Waals surface area (Å²) in [5.74, 6) is 0. The van der Waals surface area contributed by atoms with Crippen LogP contribution < -0.4 is 5.73 Å². The normalized spacial score (nSPS) is 27.1. The van der Waals surface area contributed by atoms with E-state index in [1.165, 1.54) is 44.5 Å². The van der Waals surface area contributed by atoms with Crippen LogP contribution in [0.3, 0.4) is 0 Å². The monoisotopic (exact) mass is 180 g/mol. The summed E-state index contributed by atoms with van der Waals surface area (Å²) in [6.45, 7) is 6.75. The van der Waals surface area contributed by atoms with Crippen molar-refractivity contribution in [3.05, 3.63) is 11.6 Å². The molecule has 0 bridgehead atoms. The van der Waals surface area contributed by atoms with Gasteiger partial charge >= 0.3 is 0 Å². The molecule has 2 heteroatoms. The third-order valence-electron chi connectivity index (χ3n) is 3.36. The molecule has 0 unspecified atom stereocenters. The van der Waals surface area contributed by atoms with Crippen LogP contribution in [0.4, 0.5) is 0 Å². The molecule has 2 nitrogen and oxygen atoms in total. The molecule has 2 N–H and O–H groups in total. The second-order valence-corrected chi connectivity index (χ2v) is 4.75. The number of hydrogen-bond acceptors (Lipinski definition) is 2. The van der Waals surface area contributed by atoms with Gasteiger partial charge in [-0.05, 0) is 38.1 Å². The first-order valence-electron chi connectivity index (χ1n) is 5.32. The number of rotatable bonds is 3. The molecule has 0 spiro atoms. The van der Waals surface area contributed by atoms with E-state index in [9.17, 15) is 0 Å². The van der Waals surface area contributed by atoms with Gasteiger partial charge in [0.2, 0.25) is 0 Å². The zero-order chi connectivity index (χ0) is 9.31. The molecule has 1 saturated carbocycles. The number of nitrogens with two attached hydrogens (primary N) is 1. The van der Waals surface area contributed by atoms with Gasteiger partial charge in [0, 0.05) is 19.6 Å². The topological polar surface area (TPSA) is 29.3 Å². The van der Waals surface area contributed by atoms with Crippen LogP contribution in [0.15, 0.2) is 11.6 Å². The van der Waals surface area contributed by atoms with E-state index >= 15 is 0 Å². The van der Waals surface area contributed by atoms with Crippen LogP contribution in [0.5, 0.6) is 0 Å². The Bertz CT molecular complexity index is 216. The van der Waals surface area contributed by atoms with E-state index in [2.05, 4.69) is 17.9 Å². The molecule has 1 heterocycles. The minimum absolute atomic E-state index is 0.512. The Balaban J connectivity index is 1.85. The van der Waals surface area contributed by atoms with Crippen molar-refractivity contribution in [2.75, 3.05) is 26.2 Å². The van der Waals surface area contributed by atoms with E-state index in [0.29, 0.717) is 5.41 Å². The molecular weight excluding hydrogens is 160 g/mol. The van der Waals surface area contributed by atoms with Crippen LogP contribution in [0.2, 0.25) is 0 Å². The van der Waals surface area contributed by atoms with Crippen LogP contribution >= 0.6 is 0 Å². The molecule has 2 rings (SSSR count). The Morgan fingerprint density at radius 2 is 2.31 bits per heavy atom. The fourth-order valence-corrected chi connectivity index (χ4v) is 2.20. The Kier molecular flexibility index (Phi) is 2.43. The van der Waals surface area contributed by atoms with Crippen LogP contribution in [0.1, 0.15) is 26.2 Å². The summed E-state index contributed by atoms with van der Waals surface area (Å²) in [7, 11) is 0. The second kappa shape index (κ2) is 3.43. The van der Waals surface area contributed by atoms with E-state index in [-0.39, 0.29) is 0 Å². The fraction of sp³-hybridized carbons (Fsp3) is 0.818. The molecule has 1 fully saturated rings. The van der Waals surface area contributed by atoms with Crippen molar-refractivity contribution >= 4 is 0 Å². The van der Waals surface area contributed by atoms with Crippen molar-refractivity contribution < 1.29 is 0 Å². The smallest absolute Gasteiger partial charge is 0.0190 e. The average Bonchev–Trinajstić information content (AvgIpc) is 2.86. The second-order valence-electron chi connectivity index (χ2n) is 4.75. The van der Waals surface area contributed by atoms with Gasteiger partial charge in [-0.3, -0.25) is 4.90 Å². The highest BCUT2D eigenvalue weighted by molar-refractivity contribution is 5.06. The van der Waals surface area contributed by atoms with Gasteiger partial charge in [0.15, 0.2) is 0 Å². The van der Waals surface area contributed by atoms with E-state index < -0.39 is 0 Å². The molecule has 1 aliphatic heterocycles. The van der Waals surface area contributed by atoms with Gasteiger partial charge in [-0.25, -0.2) is 0 Å². The lowest BCUT2D eigenvalue weighted by Crippen LogP contribution is -2.37. The van der Waals surface area contributed by atoms with Crippen molar-refractivity contribution in [3.8, 4) is 0 Å². The first-order chi connectivity index (χ1) is 6.24. The molecule has 0 aromatic carbocycles. The first-order valence-corrected chi connectivity index (χ1v) is 5.32. The van der Waals surface area contributed by atoms with Crippen LogP contribution in [-0.4, -0.2) is 31.1 Å². The van der Waals surface area contributed by atoms with Gasteiger partial charge in [0.25, 0.3) is 0 Å². The van der Waals surface area contributed by atoms with E-state index in [1.54, 1.807) is 0 Å². The van der Waals surface area contributed by atoms with Crippen molar-refractivity contribution in [2.45, 2.75) is 26.2 Å². The summed E-state index contributed by atoms with van der Waals surface area (Å²) in [6.07, 6.45) is 6.29. The van der Waals surface area contributed by atoms with Gasteiger partial charge in [-0.15, -0.1) is 0 Å². The SMILES string of the molecule is CC1=CCCN(CC2(CN)CC2)C1. The standard InChI is InChI=1S/C11H20N2/c1-10-3-2-6-13(7-10)9-11(8-12)4-5-11/h3H,2,4-9,12H2,1H3. The largest absolute Gasteiger partial charge is 0.330 e. The third-order valence-corrected chi connectivity index (χ3v) is 3.36. The lowest BCUT2D eigenvalue weighted by Gasteiger charge is -2.29. The summed E-state index contributed by atoms with van der Waals surface area (Å²) in [5, 5.41) is 0. The van der Waals surface area contributed by atoms with Gasteiger partial charge < -0.3 is 5.73 Å². The molecule has 0 atom stereocenters. The quantitative estimate of drug-likeness (QED) is 0.665. The van der Waals surface area contributed by atoms with E-state index in [1.807, 2.05) is 0 Å². The Hall–Kier alpha value is -0.340. The molecule has 0 amide bonds. The van der Waals surface area contributed by atoms with Gasteiger partial charge in [0.1, 0.15) is 0 Å². The highest BCUT2D eigenvalue weighted by atomic mass is 15.1. The summed E-state index contributed by atoms with van der Waals surface area (Å²) in [6, 6.07) is 0. The summed E-state index contributed by atoms with van der Waals surface area (Å²) in [5.41, 5.74) is 7.82. The lowest BCUT2D eigenvalue weighted by molar-refractivity contribution is 0.234. The maximum atomic E-state index is 5.78. The van der Waals surface area contributed by atoms with Crippen molar-refractivity contribution in [1.29, 1.82) is 0 Å². The molecule has 0 aromatic rings. The predicted octanol–water partition coefficient (Wildman–Crippen LogP) is 1.38. The lowest BCUT2D eigenvalue weighted by atomic mass is 10.0. The summed E-state index contributed by atoms with van der Waals surface area (Å²) >= 11 is 0. The molecule has 74 valence electrons. The first kappa shape index (κ1) is 9.22. The van der Waals surface area contributed by atoms with E-state index in [4.69, 9.17) is 5.73 Å². The molecule has 0 saturated heterocycles. The molecular formula is C11H20N2.